The summed E-state index contributed by atoms with van der Waals surface area (Å²) in [4.78, 5) is 24.1. The van der Waals surface area contributed by atoms with E-state index in [1.807, 2.05) is 15.8 Å². The number of ether oxygens (including phenoxy) is 1. The van der Waals surface area contributed by atoms with Crippen LogP contribution in [0.3, 0.4) is 0 Å². The zero-order valence-electron chi connectivity index (χ0n) is 27.4. The monoisotopic (exact) mass is 580 g/mol. The highest BCUT2D eigenvalue weighted by Gasteiger charge is 2.55. The fourth-order valence-corrected chi connectivity index (χ4v) is 9.73. The maximum absolute atomic E-state index is 12.5. The van der Waals surface area contributed by atoms with Gasteiger partial charge >= 0.3 is 5.97 Å². The smallest absolute Gasteiger partial charge is 0.325 e. The van der Waals surface area contributed by atoms with E-state index in [1.165, 1.54) is 57.8 Å². The van der Waals surface area contributed by atoms with Gasteiger partial charge in [-0.2, -0.15) is 0 Å². The van der Waals surface area contributed by atoms with Crippen molar-refractivity contribution in [3.8, 4) is 0 Å². The van der Waals surface area contributed by atoms with Crippen molar-refractivity contribution in [3.63, 3.8) is 0 Å². The van der Waals surface area contributed by atoms with E-state index in [9.17, 15) is 9.59 Å². The summed E-state index contributed by atoms with van der Waals surface area (Å²) < 4.78 is 6.81. The highest BCUT2D eigenvalue weighted by atomic mass is 16.5. The molecule has 1 heterocycles. The van der Waals surface area contributed by atoms with E-state index in [0.29, 0.717) is 23.4 Å². The molecular weight excluding hydrogens is 524 g/mol. The summed E-state index contributed by atoms with van der Waals surface area (Å²) in [5.41, 5.74) is 4.78. The summed E-state index contributed by atoms with van der Waals surface area (Å²) in [5, 5.41) is 11.1. The van der Waals surface area contributed by atoms with E-state index in [1.54, 1.807) is 13.1 Å². The normalized spacial score (nSPS) is 33.9. The number of nitrogens with zero attached hydrogens (tertiary/aromatic N) is 3. The quantitative estimate of drug-likeness (QED) is 0.228. The van der Waals surface area contributed by atoms with Crippen molar-refractivity contribution >= 4 is 11.9 Å². The van der Waals surface area contributed by atoms with Crippen molar-refractivity contribution in [1.29, 1.82) is 0 Å². The standard InChI is InChI=1S/C35H56N4O3/c1-8-42-32(40)20-36-33(41)31-21-39(38-37-31)26-15-17-34(6)25(19-26)11-12-27-29-14-13-28(35(29,7)18-16-30(27)34)24(5)10-9-23(4)22(2)3/h21-26,28,30H,8-20H2,1-7H3,(H,36,41)/t23-,24+,25?,26+,28+,30-,34-,35+/m0/s1. The molecule has 5 rings (SSSR count). The highest BCUT2D eigenvalue weighted by Crippen LogP contribution is 2.66. The van der Waals surface area contributed by atoms with E-state index in [-0.39, 0.29) is 24.2 Å². The first-order valence-corrected chi connectivity index (χ1v) is 17.1. The van der Waals surface area contributed by atoms with Crippen LogP contribution in [0.4, 0.5) is 0 Å². The molecule has 1 aromatic rings. The third kappa shape index (κ3) is 5.83. The van der Waals surface area contributed by atoms with Gasteiger partial charge in [-0.25, -0.2) is 4.68 Å². The minimum atomic E-state index is -0.446. The van der Waals surface area contributed by atoms with Gasteiger partial charge in [-0.3, -0.25) is 9.59 Å². The average molecular weight is 581 g/mol. The largest absolute Gasteiger partial charge is 0.465 e. The molecule has 1 amide bonds. The van der Waals surface area contributed by atoms with Crippen molar-refractivity contribution in [2.75, 3.05) is 13.2 Å². The average Bonchev–Trinajstić information content (AvgIpc) is 3.59. The molecule has 4 aliphatic rings. The Morgan fingerprint density at radius 1 is 1.07 bits per heavy atom. The van der Waals surface area contributed by atoms with Crippen LogP contribution in [-0.4, -0.2) is 40.0 Å². The van der Waals surface area contributed by atoms with Crippen LogP contribution in [0.5, 0.6) is 0 Å². The van der Waals surface area contributed by atoms with Gasteiger partial charge < -0.3 is 10.1 Å². The summed E-state index contributed by atoms with van der Waals surface area (Å²) >= 11 is 0. The fourth-order valence-electron chi connectivity index (χ4n) is 9.73. The Balaban J connectivity index is 1.24. The Morgan fingerprint density at radius 3 is 2.60 bits per heavy atom. The van der Waals surface area contributed by atoms with Crippen molar-refractivity contribution < 1.29 is 14.3 Å². The third-order valence-electron chi connectivity index (χ3n) is 12.8. The minimum absolute atomic E-state index is 0.154. The van der Waals surface area contributed by atoms with Crippen molar-refractivity contribution in [1.82, 2.24) is 20.3 Å². The van der Waals surface area contributed by atoms with E-state index in [4.69, 9.17) is 4.74 Å². The molecule has 4 aliphatic carbocycles. The predicted molar refractivity (Wildman–Crippen MR) is 166 cm³/mol. The van der Waals surface area contributed by atoms with Crippen LogP contribution in [0.15, 0.2) is 17.3 Å². The van der Waals surface area contributed by atoms with Gasteiger partial charge in [-0.15, -0.1) is 5.10 Å². The van der Waals surface area contributed by atoms with Crippen LogP contribution < -0.4 is 5.32 Å². The molecule has 0 bridgehead atoms. The Morgan fingerprint density at radius 2 is 1.86 bits per heavy atom. The summed E-state index contributed by atoms with van der Waals surface area (Å²) in [7, 11) is 0. The van der Waals surface area contributed by atoms with Crippen molar-refractivity contribution in [2.24, 2.45) is 46.3 Å². The maximum atomic E-state index is 12.5. The number of carbonyl (C=O) groups excluding carboxylic acids is 2. The number of carbonyl (C=O) groups is 2. The molecule has 0 radical (unpaired) electrons. The molecule has 8 atom stereocenters. The van der Waals surface area contributed by atoms with Crippen LogP contribution in [0.2, 0.25) is 0 Å². The van der Waals surface area contributed by atoms with Gasteiger partial charge in [-0.1, -0.05) is 70.7 Å². The first kappa shape index (κ1) is 31.3. The first-order valence-electron chi connectivity index (χ1n) is 17.1. The lowest BCUT2D eigenvalue weighted by molar-refractivity contribution is -0.141. The number of esters is 1. The molecule has 7 heteroatoms. The lowest BCUT2D eigenvalue weighted by atomic mass is 9.48. The molecule has 7 nitrogen and oxygen atoms in total. The van der Waals surface area contributed by atoms with Gasteiger partial charge in [0.2, 0.25) is 0 Å². The van der Waals surface area contributed by atoms with Crippen LogP contribution in [-0.2, 0) is 9.53 Å². The van der Waals surface area contributed by atoms with E-state index in [0.717, 1.165) is 42.4 Å². The lowest BCUT2D eigenvalue weighted by Crippen LogP contribution is -2.47. The molecule has 234 valence electrons. The molecule has 1 aromatic heterocycles. The Kier molecular flexibility index (Phi) is 9.25. The zero-order valence-corrected chi connectivity index (χ0v) is 27.4. The van der Waals surface area contributed by atoms with Gasteiger partial charge in [0.15, 0.2) is 5.69 Å². The van der Waals surface area contributed by atoms with E-state index >= 15 is 0 Å². The SMILES string of the molecule is CCOC(=O)CNC(=O)c1cn([C@@H]2CC[C@@]3(C)C(CCC4=C5CC[C@H]([C@H](C)CC[C@H](C)C(C)C)[C@@]5(C)CC[C@@H]43)C2)nn1. The third-order valence-corrected chi connectivity index (χ3v) is 12.8. The van der Waals surface area contributed by atoms with Gasteiger partial charge in [0.1, 0.15) is 6.54 Å². The number of rotatable bonds is 10. The number of hydrogen-bond acceptors (Lipinski definition) is 5. The van der Waals surface area contributed by atoms with Gasteiger partial charge in [0.05, 0.1) is 18.8 Å². The topological polar surface area (TPSA) is 86.1 Å². The molecular formula is C35H56N4O3. The molecule has 0 aliphatic heterocycles. The molecule has 0 aromatic carbocycles. The molecule has 42 heavy (non-hydrogen) atoms. The second-order valence-electron chi connectivity index (χ2n) is 15.2. The highest BCUT2D eigenvalue weighted by molar-refractivity contribution is 5.93. The zero-order chi connectivity index (χ0) is 30.2. The number of aromatic nitrogens is 3. The first-order chi connectivity index (χ1) is 20.0. The Labute approximate surface area is 254 Å². The molecule has 0 spiro atoms. The Hall–Kier alpha value is -2.18. The van der Waals surface area contributed by atoms with Gasteiger partial charge in [-0.05, 0) is 111 Å². The summed E-state index contributed by atoms with van der Waals surface area (Å²) in [6.45, 7) is 16.9. The second-order valence-corrected chi connectivity index (χ2v) is 15.2. The van der Waals surface area contributed by atoms with Crippen LogP contribution in [0.1, 0.15) is 136 Å². The van der Waals surface area contributed by atoms with Crippen molar-refractivity contribution in [2.45, 2.75) is 125 Å². The summed E-state index contributed by atoms with van der Waals surface area (Å²) in [6.07, 6.45) is 15.9. The predicted octanol–water partition coefficient (Wildman–Crippen LogP) is 7.54. The maximum Gasteiger partial charge on any atom is 0.325 e. The summed E-state index contributed by atoms with van der Waals surface area (Å²) in [6, 6.07) is 0.273. The molecule has 3 saturated carbocycles. The van der Waals surface area contributed by atoms with Gasteiger partial charge in [0.25, 0.3) is 5.91 Å². The molecule has 3 fully saturated rings. The van der Waals surface area contributed by atoms with E-state index < -0.39 is 5.97 Å². The number of amides is 1. The molecule has 1 unspecified atom stereocenters. The number of fused-ring (bicyclic) bond motifs is 4. The van der Waals surface area contributed by atoms with Crippen LogP contribution in [0, 0.1) is 46.3 Å². The van der Waals surface area contributed by atoms with Crippen molar-refractivity contribution in [3.05, 3.63) is 23.0 Å². The molecule has 0 saturated heterocycles. The second kappa shape index (κ2) is 12.4. The van der Waals surface area contributed by atoms with E-state index in [2.05, 4.69) is 57.2 Å². The number of hydrogen-bond donors (Lipinski definition) is 1. The summed E-state index contributed by atoms with van der Waals surface area (Å²) in [5.74, 6) is 3.84. The van der Waals surface area contributed by atoms with Crippen LogP contribution in [0.25, 0.3) is 0 Å². The van der Waals surface area contributed by atoms with Crippen LogP contribution >= 0.6 is 0 Å². The molecule has 1 N–H and O–H groups in total. The number of allylic oxidation sites excluding steroid dienone is 2. The lowest BCUT2D eigenvalue weighted by Gasteiger charge is -2.57. The van der Waals surface area contributed by atoms with Gasteiger partial charge in [0, 0.05) is 0 Å². The number of nitrogens with one attached hydrogen (secondary N) is 1. The Bertz CT molecular complexity index is 1170. The minimum Gasteiger partial charge on any atom is -0.465 e. The fraction of sp³-hybridized carbons (Fsp3) is 0.829.